The number of carbonyl (C=O) groups excluding carboxylic acids is 2. The minimum atomic E-state index is -0.529. The third-order valence-corrected chi connectivity index (χ3v) is 5.73. The van der Waals surface area contributed by atoms with E-state index in [-0.39, 0.29) is 35.5 Å². The number of ether oxygens (including phenoxy) is 1. The van der Waals surface area contributed by atoms with Crippen LogP contribution in [0.3, 0.4) is 0 Å². The van der Waals surface area contributed by atoms with Crippen LogP contribution in [0.15, 0.2) is 67.0 Å². The van der Waals surface area contributed by atoms with E-state index in [0.29, 0.717) is 24.3 Å². The molecular weight excluding hydrogens is 459 g/mol. The van der Waals surface area contributed by atoms with E-state index < -0.39 is 11.7 Å². The number of aromatic nitrogens is 1. The molecule has 0 saturated carbocycles. The summed E-state index contributed by atoms with van der Waals surface area (Å²) in [6.07, 6.45) is 4.82. The molecule has 0 aliphatic carbocycles. The summed E-state index contributed by atoms with van der Waals surface area (Å²) < 4.78 is 19.1. The maximum Gasteiger partial charge on any atom is 0.257 e. The molecule has 0 spiro atoms. The smallest absolute Gasteiger partial charge is 0.257 e. The molecule has 1 aromatic heterocycles. The quantitative estimate of drug-likeness (QED) is 0.527. The standard InChI is InChI=1S/C25H25FN4O3.ClH/c1-33-21-5-3-19(4-6-21)28-25(32)22-7-2-18(26)16-23(22)29-24(31)17-10-14-30(15-11-17)20-8-12-27-13-9-20;/h2-9,12-13,16-17H,10-11,14-15H2,1H3,(H,28,32)(H,29,31);1H. The zero-order valence-electron chi connectivity index (χ0n) is 18.7. The second kappa shape index (κ2) is 11.5. The number of rotatable bonds is 6. The Labute approximate surface area is 203 Å². The summed E-state index contributed by atoms with van der Waals surface area (Å²) in [7, 11) is 1.56. The number of piperidine rings is 1. The average Bonchev–Trinajstić information content (AvgIpc) is 2.85. The number of hydrogen-bond acceptors (Lipinski definition) is 5. The summed E-state index contributed by atoms with van der Waals surface area (Å²) in [4.78, 5) is 32.0. The summed E-state index contributed by atoms with van der Waals surface area (Å²) in [5.74, 6) is -0.739. The predicted molar refractivity (Wildman–Crippen MR) is 132 cm³/mol. The number of hydrogen-bond donors (Lipinski definition) is 2. The van der Waals surface area contributed by atoms with Crippen molar-refractivity contribution in [3.05, 3.63) is 78.4 Å². The molecule has 2 N–H and O–H groups in total. The monoisotopic (exact) mass is 484 g/mol. The highest BCUT2D eigenvalue weighted by Crippen LogP contribution is 2.26. The van der Waals surface area contributed by atoms with Gasteiger partial charge in [-0.2, -0.15) is 0 Å². The molecule has 0 unspecified atom stereocenters. The molecule has 2 amide bonds. The van der Waals surface area contributed by atoms with Crippen LogP contribution >= 0.6 is 12.4 Å². The Bertz CT molecular complexity index is 1120. The van der Waals surface area contributed by atoms with Crippen molar-refractivity contribution in [1.29, 1.82) is 0 Å². The first kappa shape index (κ1) is 25.0. The van der Waals surface area contributed by atoms with Gasteiger partial charge in [0.2, 0.25) is 5.91 Å². The van der Waals surface area contributed by atoms with E-state index in [1.54, 1.807) is 43.8 Å². The maximum absolute atomic E-state index is 13.9. The van der Waals surface area contributed by atoms with E-state index in [4.69, 9.17) is 4.74 Å². The summed E-state index contributed by atoms with van der Waals surface area (Å²) in [5.41, 5.74) is 1.98. The van der Waals surface area contributed by atoms with E-state index >= 15 is 0 Å². The molecule has 7 nitrogen and oxygen atoms in total. The molecular formula is C25H26ClFN4O3. The van der Waals surface area contributed by atoms with Crippen LogP contribution in [0.2, 0.25) is 0 Å². The lowest BCUT2D eigenvalue weighted by Gasteiger charge is -2.33. The molecule has 178 valence electrons. The lowest BCUT2D eigenvalue weighted by atomic mass is 9.95. The van der Waals surface area contributed by atoms with Gasteiger partial charge in [-0.3, -0.25) is 14.6 Å². The highest BCUT2D eigenvalue weighted by atomic mass is 35.5. The van der Waals surface area contributed by atoms with Crippen molar-refractivity contribution in [2.45, 2.75) is 12.8 Å². The fraction of sp³-hybridized carbons (Fsp3) is 0.240. The molecule has 0 atom stereocenters. The van der Waals surface area contributed by atoms with Gasteiger partial charge in [-0.05, 0) is 67.4 Å². The van der Waals surface area contributed by atoms with Crippen LogP contribution in [-0.4, -0.2) is 37.0 Å². The highest BCUT2D eigenvalue weighted by Gasteiger charge is 2.26. The Kier molecular flexibility index (Phi) is 8.43. The molecule has 4 rings (SSSR count). The van der Waals surface area contributed by atoms with Crippen molar-refractivity contribution in [2.75, 3.05) is 35.7 Å². The second-order valence-electron chi connectivity index (χ2n) is 7.83. The molecule has 1 aliphatic heterocycles. The number of amides is 2. The SMILES string of the molecule is COc1ccc(NC(=O)c2ccc(F)cc2NC(=O)C2CCN(c3ccncc3)CC2)cc1.Cl. The van der Waals surface area contributed by atoms with E-state index in [0.717, 1.165) is 18.8 Å². The van der Waals surface area contributed by atoms with Gasteiger partial charge in [0.1, 0.15) is 11.6 Å². The molecule has 34 heavy (non-hydrogen) atoms. The van der Waals surface area contributed by atoms with Gasteiger partial charge in [0, 0.05) is 42.8 Å². The highest BCUT2D eigenvalue weighted by molar-refractivity contribution is 6.10. The lowest BCUT2D eigenvalue weighted by Crippen LogP contribution is -2.38. The number of benzene rings is 2. The van der Waals surface area contributed by atoms with Crippen molar-refractivity contribution in [2.24, 2.45) is 5.92 Å². The van der Waals surface area contributed by atoms with Crippen LogP contribution in [0.1, 0.15) is 23.2 Å². The fourth-order valence-corrected chi connectivity index (χ4v) is 3.88. The molecule has 0 radical (unpaired) electrons. The zero-order valence-corrected chi connectivity index (χ0v) is 19.5. The Balaban J connectivity index is 0.00000324. The first-order valence-corrected chi connectivity index (χ1v) is 10.7. The first-order valence-electron chi connectivity index (χ1n) is 10.7. The fourth-order valence-electron chi connectivity index (χ4n) is 3.88. The number of nitrogens with zero attached hydrogens (tertiary/aromatic N) is 2. The first-order chi connectivity index (χ1) is 16.0. The van der Waals surface area contributed by atoms with E-state index in [9.17, 15) is 14.0 Å². The molecule has 1 aliphatic rings. The van der Waals surface area contributed by atoms with Gasteiger partial charge in [-0.15, -0.1) is 12.4 Å². The van der Waals surface area contributed by atoms with Crippen molar-refractivity contribution in [3.8, 4) is 5.75 Å². The Morgan fingerprint density at radius 2 is 1.68 bits per heavy atom. The van der Waals surface area contributed by atoms with Gasteiger partial charge < -0.3 is 20.3 Å². The van der Waals surface area contributed by atoms with E-state index in [2.05, 4.69) is 20.5 Å². The van der Waals surface area contributed by atoms with Crippen molar-refractivity contribution in [1.82, 2.24) is 4.98 Å². The Hall–Kier alpha value is -3.65. The summed E-state index contributed by atoms with van der Waals surface area (Å²) in [5, 5.41) is 5.54. The molecule has 2 heterocycles. The van der Waals surface area contributed by atoms with Crippen LogP contribution in [0, 0.1) is 11.7 Å². The molecule has 1 saturated heterocycles. The van der Waals surface area contributed by atoms with Crippen LogP contribution < -0.4 is 20.3 Å². The third-order valence-electron chi connectivity index (χ3n) is 5.73. The van der Waals surface area contributed by atoms with Gasteiger partial charge in [0.15, 0.2) is 0 Å². The minimum Gasteiger partial charge on any atom is -0.497 e. The number of anilines is 3. The number of nitrogens with one attached hydrogen (secondary N) is 2. The molecule has 2 aromatic carbocycles. The van der Waals surface area contributed by atoms with Crippen molar-refractivity contribution < 1.29 is 18.7 Å². The predicted octanol–water partition coefficient (Wildman–Crippen LogP) is 4.76. The number of pyridine rings is 1. The molecule has 3 aromatic rings. The largest absolute Gasteiger partial charge is 0.497 e. The van der Waals surface area contributed by atoms with Gasteiger partial charge >= 0.3 is 0 Å². The summed E-state index contributed by atoms with van der Waals surface area (Å²) in [6, 6.07) is 14.5. The third kappa shape index (κ3) is 6.02. The van der Waals surface area contributed by atoms with Crippen LogP contribution in [0.5, 0.6) is 5.75 Å². The summed E-state index contributed by atoms with van der Waals surface area (Å²) in [6.45, 7) is 1.46. The van der Waals surface area contributed by atoms with E-state index in [1.165, 1.54) is 18.2 Å². The van der Waals surface area contributed by atoms with Crippen LogP contribution in [0.4, 0.5) is 21.5 Å². The average molecular weight is 485 g/mol. The molecule has 9 heteroatoms. The van der Waals surface area contributed by atoms with Gasteiger partial charge in [-0.25, -0.2) is 4.39 Å². The van der Waals surface area contributed by atoms with Crippen LogP contribution in [-0.2, 0) is 4.79 Å². The maximum atomic E-state index is 13.9. The number of methoxy groups -OCH3 is 1. The van der Waals surface area contributed by atoms with E-state index in [1.807, 2.05) is 12.1 Å². The molecule has 0 bridgehead atoms. The second-order valence-corrected chi connectivity index (χ2v) is 7.83. The minimum absolute atomic E-state index is 0. The topological polar surface area (TPSA) is 83.6 Å². The van der Waals surface area contributed by atoms with Crippen molar-refractivity contribution in [3.63, 3.8) is 0 Å². The van der Waals surface area contributed by atoms with Crippen molar-refractivity contribution >= 4 is 41.3 Å². The number of carbonyl (C=O) groups is 2. The number of halogens is 2. The zero-order chi connectivity index (χ0) is 23.2. The summed E-state index contributed by atoms with van der Waals surface area (Å²) >= 11 is 0. The Morgan fingerprint density at radius 1 is 1.00 bits per heavy atom. The Morgan fingerprint density at radius 3 is 2.32 bits per heavy atom. The van der Waals surface area contributed by atoms with Gasteiger partial charge in [-0.1, -0.05) is 0 Å². The van der Waals surface area contributed by atoms with Crippen LogP contribution in [0.25, 0.3) is 0 Å². The normalized spacial score (nSPS) is 13.5. The molecule has 1 fully saturated rings. The van der Waals surface area contributed by atoms with Gasteiger partial charge in [0.05, 0.1) is 18.4 Å². The lowest BCUT2D eigenvalue weighted by molar-refractivity contribution is -0.120. The van der Waals surface area contributed by atoms with Gasteiger partial charge in [0.25, 0.3) is 5.91 Å².